The lowest BCUT2D eigenvalue weighted by Crippen LogP contribution is -2.45. The zero-order chi connectivity index (χ0) is 23.8. The largest absolute Gasteiger partial charge is 0.504 e. The van der Waals surface area contributed by atoms with E-state index in [9.17, 15) is 18.9 Å². The van der Waals surface area contributed by atoms with Crippen molar-refractivity contribution in [3.05, 3.63) is 70.5 Å². The predicted octanol–water partition coefficient (Wildman–Crippen LogP) is 2.95. The monoisotopic (exact) mass is 469 g/mol. The second-order valence-corrected chi connectivity index (χ2v) is 11.5. The molecule has 4 rings (SSSR count). The number of pyridine rings is 2. The van der Waals surface area contributed by atoms with Crippen molar-refractivity contribution >= 4 is 30.0 Å². The van der Waals surface area contributed by atoms with Gasteiger partial charge in [-0.1, -0.05) is 18.2 Å². The topological polar surface area (TPSA) is 114 Å². The Balaban J connectivity index is 1.76. The summed E-state index contributed by atoms with van der Waals surface area (Å²) in [5, 5.41) is 15.4. The van der Waals surface area contributed by atoms with Crippen LogP contribution >= 0.6 is 7.14 Å². The Bertz CT molecular complexity index is 1380. The molecule has 172 valence electrons. The molecular formula is C23H25FN5O3P. The molecule has 2 aromatic heterocycles. The number of aromatic nitrogens is 2. The Morgan fingerprint density at radius 1 is 1.24 bits per heavy atom. The first-order valence-corrected chi connectivity index (χ1v) is 13.1. The van der Waals surface area contributed by atoms with E-state index in [4.69, 9.17) is 5.84 Å². The third kappa shape index (κ3) is 4.54. The molecule has 0 atom stereocenters. The molecule has 10 heteroatoms. The average Bonchev–Trinajstić information content (AvgIpc) is 2.78. The fraction of sp³-hybridized carbons (Fsp3) is 0.261. The predicted molar refractivity (Wildman–Crippen MR) is 126 cm³/mol. The van der Waals surface area contributed by atoms with Gasteiger partial charge in [-0.25, -0.2) is 4.39 Å². The first-order valence-electron chi connectivity index (χ1n) is 10.5. The van der Waals surface area contributed by atoms with E-state index in [1.54, 1.807) is 52.9 Å². The van der Waals surface area contributed by atoms with E-state index >= 15 is 0 Å². The molecule has 0 unspecified atom stereocenters. The van der Waals surface area contributed by atoms with Gasteiger partial charge in [-0.15, -0.1) is 0 Å². The number of aromatic hydroxyl groups is 1. The van der Waals surface area contributed by atoms with Gasteiger partial charge in [0.2, 0.25) is 0 Å². The molecule has 0 fully saturated rings. The van der Waals surface area contributed by atoms with Crippen molar-refractivity contribution in [2.45, 2.75) is 13.0 Å². The van der Waals surface area contributed by atoms with Crippen LogP contribution in [-0.2, 0) is 17.5 Å². The Hall–Kier alpha value is -3.45. The minimum Gasteiger partial charge on any atom is -0.504 e. The minimum absolute atomic E-state index is 0.0716. The standard InChI is InChI=1S/C23H25FN5O3P/c1-33(2,32)14-9-16-7-10-26-19-18(16)22(27-25)29-13-12-28(23(31)20(29)21(19)30)11-8-15-3-5-17(24)6-4-15/h3-7,9-10,14,30H,8,11-13,25H2,1-2H3/b14-9+,27-22-. The van der Waals surface area contributed by atoms with Gasteiger partial charge in [-0.05, 0) is 54.9 Å². The van der Waals surface area contributed by atoms with E-state index < -0.39 is 7.14 Å². The van der Waals surface area contributed by atoms with Gasteiger partial charge in [-0.2, -0.15) is 5.10 Å². The lowest BCUT2D eigenvalue weighted by Gasteiger charge is -2.31. The average molecular weight is 469 g/mol. The van der Waals surface area contributed by atoms with Crippen molar-refractivity contribution < 1.29 is 18.9 Å². The number of nitrogens with zero attached hydrogens (tertiary/aromatic N) is 4. The van der Waals surface area contributed by atoms with Crippen LogP contribution in [0.5, 0.6) is 5.75 Å². The molecule has 0 radical (unpaired) electrons. The molecule has 8 nitrogen and oxygen atoms in total. The SMILES string of the molecule is CP(C)(=O)/C=C/c1ccnc2c(O)c3n(/c(=N\N)c12)CCN(CCc1ccc(F)cc1)C3=O. The van der Waals surface area contributed by atoms with Crippen LogP contribution in [0.1, 0.15) is 21.6 Å². The third-order valence-electron chi connectivity index (χ3n) is 5.58. The van der Waals surface area contributed by atoms with Gasteiger partial charge in [0.15, 0.2) is 16.9 Å². The molecule has 3 N–H and O–H groups in total. The molecule has 1 aromatic carbocycles. The molecule has 0 saturated heterocycles. The molecule has 1 aliphatic heterocycles. The summed E-state index contributed by atoms with van der Waals surface area (Å²) in [5.74, 6) is 6.43. The molecule has 0 spiro atoms. The smallest absolute Gasteiger partial charge is 0.274 e. The number of halogens is 1. The van der Waals surface area contributed by atoms with E-state index in [1.807, 2.05) is 0 Å². The van der Waals surface area contributed by atoms with Crippen LogP contribution in [0.25, 0.3) is 17.0 Å². The summed E-state index contributed by atoms with van der Waals surface area (Å²) in [5.41, 5.74) is 2.14. The Morgan fingerprint density at radius 2 is 1.97 bits per heavy atom. The number of benzene rings is 1. The van der Waals surface area contributed by atoms with Crippen LogP contribution in [0.2, 0.25) is 0 Å². The highest BCUT2D eigenvalue weighted by Gasteiger charge is 2.30. The zero-order valence-electron chi connectivity index (χ0n) is 18.4. The second kappa shape index (κ2) is 8.83. The number of amides is 1. The Kier molecular flexibility index (Phi) is 6.08. The first-order chi connectivity index (χ1) is 15.7. The van der Waals surface area contributed by atoms with Crippen molar-refractivity contribution in [3.8, 4) is 5.75 Å². The van der Waals surface area contributed by atoms with Gasteiger partial charge in [0.1, 0.15) is 18.5 Å². The van der Waals surface area contributed by atoms with Gasteiger partial charge >= 0.3 is 0 Å². The van der Waals surface area contributed by atoms with Crippen LogP contribution in [-0.4, -0.2) is 51.9 Å². The summed E-state index contributed by atoms with van der Waals surface area (Å²) in [6, 6.07) is 7.87. The molecule has 3 aromatic rings. The lowest BCUT2D eigenvalue weighted by molar-refractivity contribution is 0.0698. The maximum absolute atomic E-state index is 13.3. The van der Waals surface area contributed by atoms with Gasteiger partial charge in [0, 0.05) is 25.8 Å². The van der Waals surface area contributed by atoms with Crippen molar-refractivity contribution in [2.75, 3.05) is 26.4 Å². The van der Waals surface area contributed by atoms with Gasteiger partial charge < -0.3 is 25.0 Å². The Morgan fingerprint density at radius 3 is 2.64 bits per heavy atom. The van der Waals surface area contributed by atoms with Crippen LogP contribution in [0.4, 0.5) is 4.39 Å². The highest BCUT2D eigenvalue weighted by molar-refractivity contribution is 7.65. The molecule has 33 heavy (non-hydrogen) atoms. The fourth-order valence-electron chi connectivity index (χ4n) is 3.94. The number of fused-ring (bicyclic) bond motifs is 2. The van der Waals surface area contributed by atoms with Crippen LogP contribution in [0, 0.1) is 5.82 Å². The van der Waals surface area contributed by atoms with Crippen molar-refractivity contribution in [2.24, 2.45) is 10.9 Å². The second-order valence-electron chi connectivity index (χ2n) is 8.34. The summed E-state index contributed by atoms with van der Waals surface area (Å²) in [4.78, 5) is 19.2. The molecule has 3 heterocycles. The number of rotatable bonds is 5. The number of hydrogen-bond acceptors (Lipinski definition) is 6. The summed E-state index contributed by atoms with van der Waals surface area (Å²) in [6.07, 6.45) is 3.76. The Labute approximate surface area is 190 Å². The quantitative estimate of drug-likeness (QED) is 0.339. The van der Waals surface area contributed by atoms with Gasteiger partial charge in [0.25, 0.3) is 5.91 Å². The van der Waals surface area contributed by atoms with Gasteiger partial charge in [-0.3, -0.25) is 9.78 Å². The number of hydrogen-bond donors (Lipinski definition) is 2. The molecule has 0 bridgehead atoms. The van der Waals surface area contributed by atoms with E-state index in [2.05, 4.69) is 10.1 Å². The summed E-state index contributed by atoms with van der Waals surface area (Å²) >= 11 is 0. The van der Waals surface area contributed by atoms with Crippen LogP contribution in [0.3, 0.4) is 0 Å². The zero-order valence-corrected chi connectivity index (χ0v) is 19.3. The number of carbonyl (C=O) groups excluding carboxylic acids is 1. The molecule has 1 aliphatic rings. The highest BCUT2D eigenvalue weighted by Crippen LogP contribution is 2.39. The number of nitrogens with two attached hydrogens (primary N) is 1. The maximum Gasteiger partial charge on any atom is 0.274 e. The van der Waals surface area contributed by atoms with Crippen molar-refractivity contribution in [1.29, 1.82) is 0 Å². The summed E-state index contributed by atoms with van der Waals surface area (Å²) < 4.78 is 26.9. The van der Waals surface area contributed by atoms with Crippen LogP contribution < -0.4 is 11.3 Å². The van der Waals surface area contributed by atoms with E-state index in [1.165, 1.54) is 18.3 Å². The van der Waals surface area contributed by atoms with E-state index in [0.29, 0.717) is 42.5 Å². The van der Waals surface area contributed by atoms with Crippen molar-refractivity contribution in [1.82, 2.24) is 14.5 Å². The number of carbonyl (C=O) groups is 1. The first kappa shape index (κ1) is 22.7. The normalized spacial score (nSPS) is 14.9. The van der Waals surface area contributed by atoms with E-state index in [-0.39, 0.29) is 28.7 Å². The fourth-order valence-corrected chi connectivity index (χ4v) is 4.46. The van der Waals surface area contributed by atoms with Crippen LogP contribution in [0.15, 0.2) is 47.4 Å². The van der Waals surface area contributed by atoms with Gasteiger partial charge in [0.05, 0.1) is 5.39 Å². The summed E-state index contributed by atoms with van der Waals surface area (Å²) in [7, 11) is -2.44. The molecule has 0 aliphatic carbocycles. The van der Waals surface area contributed by atoms with Crippen molar-refractivity contribution in [3.63, 3.8) is 0 Å². The molecule has 1 amide bonds. The van der Waals surface area contributed by atoms with E-state index in [0.717, 1.165) is 5.56 Å². The highest BCUT2D eigenvalue weighted by atomic mass is 31.2. The molecule has 0 saturated carbocycles. The maximum atomic E-state index is 13.3. The lowest BCUT2D eigenvalue weighted by atomic mass is 10.1. The minimum atomic E-state index is -2.44. The summed E-state index contributed by atoms with van der Waals surface area (Å²) in [6.45, 7) is 4.48. The third-order valence-corrected chi connectivity index (χ3v) is 6.45. The molecular weight excluding hydrogens is 444 g/mol.